The molecule has 2 aromatic carbocycles. The van der Waals surface area contributed by atoms with E-state index in [1.807, 2.05) is 6.07 Å². The topological polar surface area (TPSA) is 27.7 Å². The second kappa shape index (κ2) is 9.22. The molecule has 0 aliphatic heterocycles. The fourth-order valence-electron chi connectivity index (χ4n) is 3.17. The number of methoxy groups -OCH3 is 2. The van der Waals surface area contributed by atoms with Crippen LogP contribution in [-0.4, -0.2) is 21.0 Å². The number of hydrogen-bond donors (Lipinski definition) is 0. The summed E-state index contributed by atoms with van der Waals surface area (Å²) >= 11 is 0. The quantitative estimate of drug-likeness (QED) is 0.465. The van der Waals surface area contributed by atoms with Gasteiger partial charge in [0.1, 0.15) is 0 Å². The molecule has 0 amide bonds. The fourth-order valence-corrected chi connectivity index (χ4v) is 4.83. The summed E-state index contributed by atoms with van der Waals surface area (Å²) in [5.74, 6) is 1.56. The molecule has 0 fully saturated rings. The zero-order chi connectivity index (χ0) is 18.3. The molecule has 136 valence electrons. The molecule has 0 heterocycles. The van der Waals surface area contributed by atoms with Crippen molar-refractivity contribution in [3.63, 3.8) is 0 Å². The molecule has 0 aromatic heterocycles. The van der Waals surface area contributed by atoms with E-state index in [1.54, 1.807) is 14.2 Å². The van der Waals surface area contributed by atoms with Gasteiger partial charge >= 0.3 is 0 Å². The molecule has 0 aliphatic carbocycles. The summed E-state index contributed by atoms with van der Waals surface area (Å²) in [6.07, 6.45) is 2.07. The molecule has 2 aromatic rings. The van der Waals surface area contributed by atoms with E-state index in [9.17, 15) is 0 Å². The molecular weight excluding hydrogens is 331 g/mol. The van der Waals surface area contributed by atoms with Crippen LogP contribution in [0, 0.1) is 6.92 Å². The summed E-state index contributed by atoms with van der Waals surface area (Å²) < 4.78 is 16.6. The average Bonchev–Trinajstić information content (AvgIpc) is 2.66. The highest BCUT2D eigenvalue weighted by molar-refractivity contribution is 7.48. The van der Waals surface area contributed by atoms with Crippen LogP contribution in [0.15, 0.2) is 42.5 Å². The molecule has 25 heavy (non-hydrogen) atoms. The van der Waals surface area contributed by atoms with Crippen molar-refractivity contribution >= 4 is 13.9 Å². The average molecular weight is 360 g/mol. The van der Waals surface area contributed by atoms with Gasteiger partial charge in [-0.2, -0.15) is 0 Å². The molecule has 0 aliphatic rings. The van der Waals surface area contributed by atoms with Crippen molar-refractivity contribution in [3.8, 4) is 11.5 Å². The maximum Gasteiger partial charge on any atom is 0.188 e. The number of benzene rings is 2. The van der Waals surface area contributed by atoms with Crippen molar-refractivity contribution in [2.45, 2.75) is 38.8 Å². The molecule has 0 bridgehead atoms. The van der Waals surface area contributed by atoms with Crippen LogP contribution in [0.25, 0.3) is 0 Å². The minimum absolute atomic E-state index is 0.0176. The highest BCUT2D eigenvalue weighted by Crippen LogP contribution is 2.52. The maximum absolute atomic E-state index is 5.94. The number of rotatable bonds is 9. The Hall–Kier alpha value is -1.57. The van der Waals surface area contributed by atoms with Crippen molar-refractivity contribution < 1.29 is 14.2 Å². The van der Waals surface area contributed by atoms with Gasteiger partial charge in [0.25, 0.3) is 0 Å². The van der Waals surface area contributed by atoms with Gasteiger partial charge in [0, 0.05) is 17.8 Å². The lowest BCUT2D eigenvalue weighted by Crippen LogP contribution is -2.24. The molecule has 0 radical (unpaired) electrons. The third kappa shape index (κ3) is 4.34. The van der Waals surface area contributed by atoms with E-state index < -0.39 is 0 Å². The van der Waals surface area contributed by atoms with Crippen LogP contribution >= 0.6 is 8.58 Å². The number of hydrogen-bond acceptors (Lipinski definition) is 3. The number of aryl methyl sites for hydroxylation is 1. The lowest BCUT2D eigenvalue weighted by Gasteiger charge is -2.35. The van der Waals surface area contributed by atoms with Crippen LogP contribution in [0.2, 0.25) is 0 Å². The first-order chi connectivity index (χ1) is 12.1. The smallest absolute Gasteiger partial charge is 0.188 e. The van der Waals surface area contributed by atoms with Crippen molar-refractivity contribution in [2.24, 2.45) is 0 Å². The summed E-state index contributed by atoms with van der Waals surface area (Å²) in [5, 5.41) is 1.43. The van der Waals surface area contributed by atoms with Gasteiger partial charge in [0.15, 0.2) is 18.3 Å². The van der Waals surface area contributed by atoms with Crippen LogP contribution in [0.4, 0.5) is 0 Å². The predicted octanol–water partition coefficient (Wildman–Crippen LogP) is 5.01. The molecule has 4 heteroatoms. The first-order valence-corrected chi connectivity index (χ1v) is 9.74. The minimum atomic E-state index is 0.0176. The first-order valence-electron chi connectivity index (χ1n) is 8.74. The van der Waals surface area contributed by atoms with Crippen LogP contribution in [0.3, 0.4) is 0 Å². The Morgan fingerprint density at radius 3 is 2.28 bits per heavy atom. The summed E-state index contributed by atoms with van der Waals surface area (Å²) in [6, 6.07) is 14.8. The maximum atomic E-state index is 5.94. The second-order valence-electron chi connectivity index (χ2n) is 6.12. The Balaban J connectivity index is 2.54. The van der Waals surface area contributed by atoms with Crippen molar-refractivity contribution in [1.82, 2.24) is 0 Å². The molecule has 1 unspecified atom stereocenters. The van der Waals surface area contributed by atoms with Gasteiger partial charge in [-0.15, -0.1) is 0 Å². The lowest BCUT2D eigenvalue weighted by atomic mass is 9.91. The Morgan fingerprint density at radius 1 is 0.960 bits per heavy atom. The standard InChI is InChI=1S/C21H29O3P/c1-6-21(7-2,25-19-14-9-8-11-16(19)3)17-12-10-13-18(23-5)20(17)24-15-22-4/h8-14,25H,6-7,15H2,1-5H3. The SMILES string of the molecule is CCC(CC)(Pc1ccccc1C)c1cccc(OC)c1OCOC. The third-order valence-corrected chi connectivity index (χ3v) is 7.05. The van der Waals surface area contributed by atoms with Crippen molar-refractivity contribution in [2.75, 3.05) is 21.0 Å². The summed E-state index contributed by atoms with van der Waals surface area (Å²) in [4.78, 5) is 0. The van der Waals surface area contributed by atoms with E-state index in [0.29, 0.717) is 8.58 Å². The monoisotopic (exact) mass is 360 g/mol. The zero-order valence-electron chi connectivity index (χ0n) is 15.9. The molecule has 0 saturated heterocycles. The zero-order valence-corrected chi connectivity index (χ0v) is 16.9. The Bertz CT molecular complexity index is 681. The van der Waals surface area contributed by atoms with Crippen LogP contribution in [0.5, 0.6) is 11.5 Å². The molecule has 3 nitrogen and oxygen atoms in total. The van der Waals surface area contributed by atoms with E-state index in [2.05, 4.69) is 57.2 Å². The van der Waals surface area contributed by atoms with E-state index in [1.165, 1.54) is 16.4 Å². The third-order valence-electron chi connectivity index (χ3n) is 4.76. The summed E-state index contributed by atoms with van der Waals surface area (Å²) in [6.45, 7) is 6.92. The Morgan fingerprint density at radius 2 is 1.68 bits per heavy atom. The largest absolute Gasteiger partial charge is 0.493 e. The van der Waals surface area contributed by atoms with E-state index in [0.717, 1.165) is 24.3 Å². The summed E-state index contributed by atoms with van der Waals surface area (Å²) in [7, 11) is 3.98. The molecule has 1 atom stereocenters. The normalized spacial score (nSPS) is 11.9. The van der Waals surface area contributed by atoms with Gasteiger partial charge in [-0.25, -0.2) is 0 Å². The van der Waals surface area contributed by atoms with Crippen LogP contribution < -0.4 is 14.8 Å². The van der Waals surface area contributed by atoms with E-state index >= 15 is 0 Å². The van der Waals surface area contributed by atoms with E-state index in [4.69, 9.17) is 14.2 Å². The Kier molecular flexibility index (Phi) is 7.28. The second-order valence-corrected chi connectivity index (χ2v) is 7.86. The first kappa shape index (κ1) is 19.8. The van der Waals surface area contributed by atoms with E-state index in [-0.39, 0.29) is 11.9 Å². The number of para-hydroxylation sites is 1. The lowest BCUT2D eigenvalue weighted by molar-refractivity contribution is 0.0479. The van der Waals surface area contributed by atoms with Crippen molar-refractivity contribution in [3.05, 3.63) is 53.6 Å². The molecular formula is C21H29O3P. The highest BCUT2D eigenvalue weighted by atomic mass is 31.1. The minimum Gasteiger partial charge on any atom is -0.493 e. The molecule has 0 spiro atoms. The van der Waals surface area contributed by atoms with Gasteiger partial charge in [-0.05, 0) is 36.7 Å². The van der Waals surface area contributed by atoms with Gasteiger partial charge in [-0.3, -0.25) is 0 Å². The molecule has 2 rings (SSSR count). The highest BCUT2D eigenvalue weighted by Gasteiger charge is 2.33. The van der Waals surface area contributed by atoms with Gasteiger partial charge in [0.2, 0.25) is 0 Å². The van der Waals surface area contributed by atoms with Gasteiger partial charge in [0.05, 0.1) is 7.11 Å². The number of ether oxygens (including phenoxy) is 3. The van der Waals surface area contributed by atoms with Crippen LogP contribution in [0.1, 0.15) is 37.8 Å². The molecule has 0 N–H and O–H groups in total. The predicted molar refractivity (Wildman–Crippen MR) is 107 cm³/mol. The van der Waals surface area contributed by atoms with Gasteiger partial charge < -0.3 is 14.2 Å². The fraction of sp³-hybridized carbons (Fsp3) is 0.429. The van der Waals surface area contributed by atoms with Crippen molar-refractivity contribution in [1.29, 1.82) is 0 Å². The molecule has 0 saturated carbocycles. The Labute approximate surface area is 153 Å². The van der Waals surface area contributed by atoms with Crippen LogP contribution in [-0.2, 0) is 9.89 Å². The summed E-state index contributed by atoms with van der Waals surface area (Å²) in [5.41, 5.74) is 2.55. The van der Waals surface area contributed by atoms with Gasteiger partial charge in [-0.1, -0.05) is 58.8 Å².